The van der Waals surface area contributed by atoms with Crippen LogP contribution in [-0.2, 0) is 4.79 Å². The van der Waals surface area contributed by atoms with Crippen molar-refractivity contribution < 1.29 is 4.79 Å². The lowest BCUT2D eigenvalue weighted by Gasteiger charge is -2.35. The van der Waals surface area contributed by atoms with E-state index < -0.39 is 0 Å². The van der Waals surface area contributed by atoms with Crippen LogP contribution in [0.15, 0.2) is 0 Å². The molecule has 0 aromatic carbocycles. The van der Waals surface area contributed by atoms with Crippen molar-refractivity contribution in [3.05, 3.63) is 0 Å². The predicted octanol–water partition coefficient (Wildman–Crippen LogP) is 1.69. The molecule has 0 aromatic rings. The smallest absolute Gasteiger partial charge is 0.238 e. The average molecular weight is 242 g/mol. The Kier molecular flexibility index (Phi) is 4.14. The van der Waals surface area contributed by atoms with Crippen molar-refractivity contribution in [3.8, 4) is 0 Å². The first-order valence-electron chi connectivity index (χ1n) is 6.30. The van der Waals surface area contributed by atoms with Gasteiger partial charge in [-0.2, -0.15) is 11.8 Å². The van der Waals surface area contributed by atoms with Crippen molar-refractivity contribution in [2.24, 2.45) is 5.92 Å². The molecular weight excluding hydrogens is 220 g/mol. The fraction of sp³-hybridized carbons (Fsp3) is 0.917. The summed E-state index contributed by atoms with van der Waals surface area (Å²) in [5.41, 5.74) is 0. The van der Waals surface area contributed by atoms with E-state index in [4.69, 9.17) is 0 Å². The molecule has 16 heavy (non-hydrogen) atoms. The summed E-state index contributed by atoms with van der Waals surface area (Å²) in [5, 5.41) is 3.35. The number of nitrogens with one attached hydrogen (secondary N) is 1. The van der Waals surface area contributed by atoms with Crippen LogP contribution in [0.1, 0.15) is 33.1 Å². The van der Waals surface area contributed by atoms with E-state index in [1.807, 2.05) is 11.8 Å². The standard InChI is InChI=1S/C12H22N2OS/c1-9(2)6-11-13-7-12(15)14(11)10-4-3-5-16-8-10/h9-11,13H,3-8H2,1-2H3. The molecular formula is C12H22N2OS. The first-order valence-corrected chi connectivity index (χ1v) is 7.46. The van der Waals surface area contributed by atoms with Gasteiger partial charge in [-0.05, 0) is 30.9 Å². The quantitative estimate of drug-likeness (QED) is 0.817. The summed E-state index contributed by atoms with van der Waals surface area (Å²) in [7, 11) is 0. The maximum atomic E-state index is 11.9. The minimum atomic E-state index is 0.288. The van der Waals surface area contributed by atoms with Crippen LogP contribution in [0.2, 0.25) is 0 Å². The molecule has 2 heterocycles. The van der Waals surface area contributed by atoms with E-state index in [1.54, 1.807) is 0 Å². The fourth-order valence-electron chi connectivity index (χ4n) is 2.61. The lowest BCUT2D eigenvalue weighted by atomic mass is 10.1. The molecule has 2 aliphatic rings. The van der Waals surface area contributed by atoms with Crippen molar-refractivity contribution in [2.75, 3.05) is 18.1 Å². The van der Waals surface area contributed by atoms with Crippen LogP contribution in [0.25, 0.3) is 0 Å². The van der Waals surface area contributed by atoms with Gasteiger partial charge in [-0.1, -0.05) is 13.8 Å². The minimum Gasteiger partial charge on any atom is -0.322 e. The first-order chi connectivity index (χ1) is 7.68. The molecule has 1 amide bonds. The molecule has 2 saturated heterocycles. The van der Waals surface area contributed by atoms with Crippen LogP contribution >= 0.6 is 11.8 Å². The molecule has 2 aliphatic heterocycles. The molecule has 0 bridgehead atoms. The third kappa shape index (κ3) is 2.72. The summed E-state index contributed by atoms with van der Waals surface area (Å²) in [6, 6.07) is 0.477. The van der Waals surface area contributed by atoms with Gasteiger partial charge < -0.3 is 4.90 Å². The summed E-state index contributed by atoms with van der Waals surface area (Å²) in [4.78, 5) is 14.1. The molecule has 4 heteroatoms. The Morgan fingerprint density at radius 3 is 3.00 bits per heavy atom. The van der Waals surface area contributed by atoms with E-state index in [0.717, 1.165) is 12.2 Å². The average Bonchev–Trinajstić information content (AvgIpc) is 2.60. The third-order valence-electron chi connectivity index (χ3n) is 3.34. The molecule has 2 rings (SSSR count). The SMILES string of the molecule is CC(C)CC1NCC(=O)N1C1CCCSC1. The Labute approximate surface area is 102 Å². The van der Waals surface area contributed by atoms with Crippen LogP contribution in [-0.4, -0.2) is 41.1 Å². The summed E-state index contributed by atoms with van der Waals surface area (Å²) < 4.78 is 0. The van der Waals surface area contributed by atoms with Crippen molar-refractivity contribution in [1.82, 2.24) is 10.2 Å². The second-order valence-electron chi connectivity index (χ2n) is 5.20. The van der Waals surface area contributed by atoms with Crippen LogP contribution in [0, 0.1) is 5.92 Å². The van der Waals surface area contributed by atoms with Gasteiger partial charge in [0.1, 0.15) is 0 Å². The molecule has 3 nitrogen and oxygen atoms in total. The highest BCUT2D eigenvalue weighted by molar-refractivity contribution is 7.99. The van der Waals surface area contributed by atoms with Crippen LogP contribution in [0.3, 0.4) is 0 Å². The number of amides is 1. The molecule has 1 N–H and O–H groups in total. The molecule has 92 valence electrons. The minimum absolute atomic E-state index is 0.288. The van der Waals surface area contributed by atoms with Gasteiger partial charge in [-0.25, -0.2) is 0 Å². The zero-order chi connectivity index (χ0) is 11.5. The molecule has 2 fully saturated rings. The zero-order valence-corrected chi connectivity index (χ0v) is 11.1. The van der Waals surface area contributed by atoms with Gasteiger partial charge in [-0.3, -0.25) is 10.1 Å². The largest absolute Gasteiger partial charge is 0.322 e. The number of nitrogens with zero attached hydrogens (tertiary/aromatic N) is 1. The Bertz CT molecular complexity index is 251. The van der Waals surface area contributed by atoms with E-state index in [9.17, 15) is 4.79 Å². The molecule has 0 saturated carbocycles. The van der Waals surface area contributed by atoms with Gasteiger partial charge in [0.05, 0.1) is 12.7 Å². The number of rotatable bonds is 3. The predicted molar refractivity (Wildman–Crippen MR) is 68.4 cm³/mol. The number of carbonyl (C=O) groups is 1. The Hall–Kier alpha value is -0.220. The highest BCUT2D eigenvalue weighted by atomic mass is 32.2. The van der Waals surface area contributed by atoms with Gasteiger partial charge in [0.25, 0.3) is 0 Å². The lowest BCUT2D eigenvalue weighted by Crippen LogP contribution is -2.47. The van der Waals surface area contributed by atoms with E-state index in [1.165, 1.54) is 18.6 Å². The highest BCUT2D eigenvalue weighted by Crippen LogP contribution is 2.26. The number of carbonyl (C=O) groups excluding carboxylic acids is 1. The van der Waals surface area contributed by atoms with Crippen molar-refractivity contribution >= 4 is 17.7 Å². The number of thioether (sulfide) groups is 1. The molecule has 0 radical (unpaired) electrons. The van der Waals surface area contributed by atoms with Gasteiger partial charge in [-0.15, -0.1) is 0 Å². The number of hydrogen-bond acceptors (Lipinski definition) is 3. The Balaban J connectivity index is 1.99. The van der Waals surface area contributed by atoms with E-state index >= 15 is 0 Å². The third-order valence-corrected chi connectivity index (χ3v) is 4.53. The van der Waals surface area contributed by atoms with Crippen molar-refractivity contribution in [3.63, 3.8) is 0 Å². The van der Waals surface area contributed by atoms with E-state index in [0.29, 0.717) is 24.4 Å². The lowest BCUT2D eigenvalue weighted by molar-refractivity contribution is -0.130. The zero-order valence-electron chi connectivity index (χ0n) is 10.2. The highest BCUT2D eigenvalue weighted by Gasteiger charge is 2.36. The summed E-state index contributed by atoms with van der Waals surface area (Å²) in [5.74, 6) is 3.34. The normalized spacial score (nSPS) is 31.4. The topological polar surface area (TPSA) is 32.3 Å². The van der Waals surface area contributed by atoms with E-state index in [-0.39, 0.29) is 6.17 Å². The van der Waals surface area contributed by atoms with Crippen LogP contribution in [0.5, 0.6) is 0 Å². The maximum absolute atomic E-state index is 11.9. The van der Waals surface area contributed by atoms with Gasteiger partial charge >= 0.3 is 0 Å². The van der Waals surface area contributed by atoms with E-state index in [2.05, 4.69) is 24.1 Å². The van der Waals surface area contributed by atoms with Gasteiger partial charge in [0, 0.05) is 11.8 Å². The second kappa shape index (κ2) is 5.41. The monoisotopic (exact) mass is 242 g/mol. The Morgan fingerprint density at radius 2 is 2.38 bits per heavy atom. The molecule has 0 spiro atoms. The second-order valence-corrected chi connectivity index (χ2v) is 6.35. The van der Waals surface area contributed by atoms with Crippen molar-refractivity contribution in [1.29, 1.82) is 0 Å². The number of hydrogen-bond donors (Lipinski definition) is 1. The van der Waals surface area contributed by atoms with Crippen molar-refractivity contribution in [2.45, 2.75) is 45.3 Å². The molecule has 0 aromatic heterocycles. The first kappa shape index (κ1) is 12.2. The Morgan fingerprint density at radius 1 is 1.56 bits per heavy atom. The maximum Gasteiger partial charge on any atom is 0.238 e. The van der Waals surface area contributed by atoms with Gasteiger partial charge in [0.15, 0.2) is 0 Å². The summed E-state index contributed by atoms with van der Waals surface area (Å²) >= 11 is 1.99. The fourth-order valence-corrected chi connectivity index (χ4v) is 3.75. The molecule has 0 aliphatic carbocycles. The van der Waals surface area contributed by atoms with Gasteiger partial charge in [0.2, 0.25) is 5.91 Å². The molecule has 2 unspecified atom stereocenters. The van der Waals surface area contributed by atoms with Crippen LogP contribution in [0.4, 0.5) is 0 Å². The molecule has 2 atom stereocenters. The summed E-state index contributed by atoms with van der Waals surface area (Å²) in [6.07, 6.45) is 3.81. The van der Waals surface area contributed by atoms with Crippen LogP contribution < -0.4 is 5.32 Å². The summed E-state index contributed by atoms with van der Waals surface area (Å²) in [6.45, 7) is 4.98.